The maximum absolute atomic E-state index is 9.97. The van der Waals surface area contributed by atoms with Crippen molar-refractivity contribution in [2.24, 2.45) is 0 Å². The smallest absolute Gasteiger partial charge is 0.107 e. The molecule has 5 heteroatoms. The average molecular weight is 297 g/mol. The number of terminal acetylenes is 1. The van der Waals surface area contributed by atoms with E-state index in [1.807, 2.05) is 0 Å². The van der Waals surface area contributed by atoms with Crippen molar-refractivity contribution in [1.29, 1.82) is 0 Å². The van der Waals surface area contributed by atoms with Gasteiger partial charge < -0.3 is 14.6 Å². The van der Waals surface area contributed by atoms with Gasteiger partial charge in [0.2, 0.25) is 0 Å². The van der Waals surface area contributed by atoms with E-state index >= 15 is 0 Å². The Kier molecular flexibility index (Phi) is 9.29. The highest BCUT2D eigenvalue weighted by Crippen LogP contribution is 2.10. The van der Waals surface area contributed by atoms with E-state index in [9.17, 15) is 5.11 Å². The van der Waals surface area contributed by atoms with Gasteiger partial charge in [0.25, 0.3) is 0 Å². The Morgan fingerprint density at radius 2 is 2.40 bits per heavy atom. The molecule has 1 rings (SSSR count). The molecule has 0 fully saturated rings. The van der Waals surface area contributed by atoms with Crippen molar-refractivity contribution < 1.29 is 14.6 Å². The predicted octanol–water partition coefficient (Wildman–Crippen LogP) is 1.60. The SMILES string of the molecule is C#CCOCC(O)CN(CCCOC)Cc1ccsc1. The minimum Gasteiger partial charge on any atom is -0.389 e. The lowest BCUT2D eigenvalue weighted by atomic mass is 10.2. The van der Waals surface area contributed by atoms with Crippen LogP contribution in [0.15, 0.2) is 16.8 Å². The molecule has 0 radical (unpaired) electrons. The van der Waals surface area contributed by atoms with Crippen molar-refractivity contribution in [3.8, 4) is 12.3 Å². The summed E-state index contributed by atoms with van der Waals surface area (Å²) in [6.07, 6.45) is 5.53. The summed E-state index contributed by atoms with van der Waals surface area (Å²) in [5.41, 5.74) is 1.27. The summed E-state index contributed by atoms with van der Waals surface area (Å²) in [5, 5.41) is 14.2. The van der Waals surface area contributed by atoms with Crippen molar-refractivity contribution >= 4 is 11.3 Å². The van der Waals surface area contributed by atoms with Crippen LogP contribution in [-0.4, -0.2) is 56.1 Å². The highest BCUT2D eigenvalue weighted by molar-refractivity contribution is 7.07. The summed E-state index contributed by atoms with van der Waals surface area (Å²) in [7, 11) is 1.70. The molecule has 1 heterocycles. The van der Waals surface area contributed by atoms with Gasteiger partial charge in [-0.3, -0.25) is 4.90 Å². The highest BCUT2D eigenvalue weighted by atomic mass is 32.1. The van der Waals surface area contributed by atoms with E-state index in [1.54, 1.807) is 18.4 Å². The number of rotatable bonds is 11. The molecule has 20 heavy (non-hydrogen) atoms. The zero-order valence-electron chi connectivity index (χ0n) is 12.0. The summed E-state index contributed by atoms with van der Waals surface area (Å²) in [6, 6.07) is 2.11. The van der Waals surface area contributed by atoms with Crippen LogP contribution in [0.2, 0.25) is 0 Å². The first-order chi connectivity index (χ1) is 9.76. The van der Waals surface area contributed by atoms with Crippen molar-refractivity contribution in [2.75, 3.05) is 40.0 Å². The normalized spacial score (nSPS) is 12.5. The standard InChI is InChI=1S/C15H23NO3S/c1-3-7-19-12-15(17)11-16(6-4-8-18-2)10-14-5-9-20-13-14/h1,5,9,13,15,17H,4,6-8,10-12H2,2H3. The van der Waals surface area contributed by atoms with Gasteiger partial charge in [-0.2, -0.15) is 11.3 Å². The van der Waals surface area contributed by atoms with Gasteiger partial charge in [-0.15, -0.1) is 6.42 Å². The van der Waals surface area contributed by atoms with Crippen LogP contribution in [0.5, 0.6) is 0 Å². The van der Waals surface area contributed by atoms with Gasteiger partial charge in [0, 0.05) is 33.4 Å². The number of aliphatic hydroxyl groups is 1. The molecule has 0 saturated carbocycles. The molecule has 1 aromatic rings. The summed E-state index contributed by atoms with van der Waals surface area (Å²) in [4.78, 5) is 2.21. The van der Waals surface area contributed by atoms with E-state index in [2.05, 4.69) is 27.6 Å². The largest absolute Gasteiger partial charge is 0.389 e. The molecule has 1 aromatic heterocycles. The molecule has 1 N–H and O–H groups in total. The minimum atomic E-state index is -0.524. The summed E-state index contributed by atoms with van der Waals surface area (Å²) < 4.78 is 10.2. The van der Waals surface area contributed by atoms with E-state index in [0.717, 1.165) is 26.1 Å². The van der Waals surface area contributed by atoms with Crippen LogP contribution in [-0.2, 0) is 16.0 Å². The predicted molar refractivity (Wildman–Crippen MR) is 81.7 cm³/mol. The third-order valence-corrected chi connectivity index (χ3v) is 3.51. The minimum absolute atomic E-state index is 0.241. The number of ether oxygens (including phenoxy) is 2. The number of methoxy groups -OCH3 is 1. The van der Waals surface area contributed by atoms with Crippen LogP contribution in [0.4, 0.5) is 0 Å². The van der Waals surface area contributed by atoms with Crippen molar-refractivity contribution in [3.05, 3.63) is 22.4 Å². The molecule has 0 aromatic carbocycles. The van der Waals surface area contributed by atoms with Gasteiger partial charge in [0.1, 0.15) is 6.61 Å². The van der Waals surface area contributed by atoms with Gasteiger partial charge in [-0.25, -0.2) is 0 Å². The molecular formula is C15H23NO3S. The molecule has 1 unspecified atom stereocenters. The fourth-order valence-electron chi connectivity index (χ4n) is 1.91. The topological polar surface area (TPSA) is 41.9 Å². The quantitative estimate of drug-likeness (QED) is 0.497. The van der Waals surface area contributed by atoms with Crippen LogP contribution in [0.1, 0.15) is 12.0 Å². The van der Waals surface area contributed by atoms with Crippen LogP contribution in [0.3, 0.4) is 0 Å². The molecule has 0 aliphatic heterocycles. The first-order valence-corrected chi connectivity index (χ1v) is 7.62. The maximum atomic E-state index is 9.97. The average Bonchev–Trinajstić information content (AvgIpc) is 2.92. The van der Waals surface area contributed by atoms with Gasteiger partial charge in [0.05, 0.1) is 12.7 Å². The molecule has 0 aliphatic rings. The lowest BCUT2D eigenvalue weighted by Gasteiger charge is -2.24. The van der Waals surface area contributed by atoms with Crippen LogP contribution in [0.25, 0.3) is 0 Å². The first kappa shape index (κ1) is 17.2. The lowest BCUT2D eigenvalue weighted by molar-refractivity contribution is 0.0244. The molecule has 112 valence electrons. The number of thiophene rings is 1. The Morgan fingerprint density at radius 1 is 1.55 bits per heavy atom. The Hall–Kier alpha value is -0.900. The fraction of sp³-hybridized carbons (Fsp3) is 0.600. The van der Waals surface area contributed by atoms with Crippen LogP contribution < -0.4 is 0 Å². The summed E-state index contributed by atoms with van der Waals surface area (Å²) in [5.74, 6) is 2.39. The van der Waals surface area contributed by atoms with Crippen molar-refractivity contribution in [1.82, 2.24) is 4.90 Å². The Labute approximate surface area is 125 Å². The number of nitrogens with zero attached hydrogens (tertiary/aromatic N) is 1. The van der Waals surface area contributed by atoms with Gasteiger partial charge in [-0.1, -0.05) is 5.92 Å². The molecule has 0 amide bonds. The van der Waals surface area contributed by atoms with E-state index in [4.69, 9.17) is 15.9 Å². The number of hydrogen-bond acceptors (Lipinski definition) is 5. The first-order valence-electron chi connectivity index (χ1n) is 6.68. The number of aliphatic hydroxyl groups excluding tert-OH is 1. The fourth-order valence-corrected chi connectivity index (χ4v) is 2.57. The lowest BCUT2D eigenvalue weighted by Crippen LogP contribution is -2.35. The molecule has 0 spiro atoms. The van der Waals surface area contributed by atoms with E-state index in [-0.39, 0.29) is 13.2 Å². The van der Waals surface area contributed by atoms with Gasteiger partial charge in [-0.05, 0) is 28.8 Å². The Balaban J connectivity index is 2.38. The monoisotopic (exact) mass is 297 g/mol. The molecule has 4 nitrogen and oxygen atoms in total. The van der Waals surface area contributed by atoms with E-state index in [1.165, 1.54) is 5.56 Å². The van der Waals surface area contributed by atoms with Crippen LogP contribution in [0, 0.1) is 12.3 Å². The third kappa shape index (κ3) is 7.63. The van der Waals surface area contributed by atoms with Gasteiger partial charge >= 0.3 is 0 Å². The van der Waals surface area contributed by atoms with Gasteiger partial charge in [0.15, 0.2) is 0 Å². The molecule has 0 bridgehead atoms. The number of hydrogen-bond donors (Lipinski definition) is 1. The second kappa shape index (κ2) is 10.8. The molecule has 1 atom stereocenters. The Morgan fingerprint density at radius 3 is 3.05 bits per heavy atom. The summed E-state index contributed by atoms with van der Waals surface area (Å²) >= 11 is 1.68. The molecule has 0 saturated heterocycles. The van der Waals surface area contributed by atoms with Crippen molar-refractivity contribution in [3.63, 3.8) is 0 Å². The molecule has 0 aliphatic carbocycles. The van der Waals surface area contributed by atoms with E-state index in [0.29, 0.717) is 6.54 Å². The highest BCUT2D eigenvalue weighted by Gasteiger charge is 2.12. The molecular weight excluding hydrogens is 274 g/mol. The van der Waals surface area contributed by atoms with Crippen molar-refractivity contribution in [2.45, 2.75) is 19.1 Å². The second-order valence-electron chi connectivity index (χ2n) is 4.59. The zero-order chi connectivity index (χ0) is 14.6. The zero-order valence-corrected chi connectivity index (χ0v) is 12.8. The second-order valence-corrected chi connectivity index (χ2v) is 5.37. The Bertz CT molecular complexity index is 375. The van der Waals surface area contributed by atoms with E-state index < -0.39 is 6.10 Å². The maximum Gasteiger partial charge on any atom is 0.107 e. The van der Waals surface area contributed by atoms with Crippen LogP contribution >= 0.6 is 11.3 Å². The summed E-state index contributed by atoms with van der Waals surface area (Å²) in [6.45, 7) is 3.53. The third-order valence-electron chi connectivity index (χ3n) is 2.77.